The highest BCUT2D eigenvalue weighted by atomic mass is 19.1. The monoisotopic (exact) mass is 209 g/mol. The van der Waals surface area contributed by atoms with Gasteiger partial charge in [-0.15, -0.1) is 0 Å². The van der Waals surface area contributed by atoms with Gasteiger partial charge in [-0.2, -0.15) is 0 Å². The summed E-state index contributed by atoms with van der Waals surface area (Å²) in [6.45, 7) is 4.47. The van der Waals surface area contributed by atoms with Crippen molar-refractivity contribution >= 4 is 5.91 Å². The summed E-state index contributed by atoms with van der Waals surface area (Å²) in [5.74, 6) is -0.484. The number of hydrogen-bond donors (Lipinski definition) is 0. The standard InChI is InChI=1S/C12H16FNO/c1-4-5-14(3)12(15)10-6-9(2)7-11(13)8-10/h6-8H,4-5H2,1-3H3. The zero-order chi connectivity index (χ0) is 11.4. The van der Waals surface area contributed by atoms with Crippen LogP contribution in [0.15, 0.2) is 18.2 Å². The van der Waals surface area contributed by atoms with Gasteiger partial charge in [0.15, 0.2) is 0 Å². The third-order valence-corrected chi connectivity index (χ3v) is 2.19. The maximum atomic E-state index is 13.1. The molecule has 0 N–H and O–H groups in total. The highest BCUT2D eigenvalue weighted by Crippen LogP contribution is 2.10. The summed E-state index contributed by atoms with van der Waals surface area (Å²) in [7, 11) is 1.73. The SMILES string of the molecule is CCCN(C)C(=O)c1cc(C)cc(F)c1. The molecule has 1 amide bonds. The van der Waals surface area contributed by atoms with Gasteiger partial charge in [-0.3, -0.25) is 4.79 Å². The van der Waals surface area contributed by atoms with Crippen LogP contribution in [0, 0.1) is 12.7 Å². The molecule has 0 atom stereocenters. The second kappa shape index (κ2) is 4.91. The van der Waals surface area contributed by atoms with E-state index in [1.807, 2.05) is 6.92 Å². The zero-order valence-electron chi connectivity index (χ0n) is 9.38. The number of hydrogen-bond acceptors (Lipinski definition) is 1. The summed E-state index contributed by atoms with van der Waals surface area (Å²) in [5.41, 5.74) is 1.19. The number of amides is 1. The Morgan fingerprint density at radius 1 is 1.40 bits per heavy atom. The second-order valence-corrected chi connectivity index (χ2v) is 3.74. The number of carbonyl (C=O) groups excluding carboxylic acids is 1. The predicted octanol–water partition coefficient (Wildman–Crippen LogP) is 2.62. The Morgan fingerprint density at radius 2 is 2.07 bits per heavy atom. The van der Waals surface area contributed by atoms with E-state index in [0.717, 1.165) is 12.0 Å². The molecule has 0 bridgehead atoms. The Kier molecular flexibility index (Phi) is 3.83. The predicted molar refractivity (Wildman–Crippen MR) is 58.4 cm³/mol. The Balaban J connectivity index is 2.90. The van der Waals surface area contributed by atoms with Crippen LogP contribution >= 0.6 is 0 Å². The minimum Gasteiger partial charge on any atom is -0.342 e. The fraction of sp³-hybridized carbons (Fsp3) is 0.417. The second-order valence-electron chi connectivity index (χ2n) is 3.74. The van der Waals surface area contributed by atoms with E-state index in [1.54, 1.807) is 24.9 Å². The summed E-state index contributed by atoms with van der Waals surface area (Å²) in [6, 6.07) is 4.40. The summed E-state index contributed by atoms with van der Waals surface area (Å²) in [4.78, 5) is 13.4. The molecule has 0 aromatic heterocycles. The summed E-state index contributed by atoms with van der Waals surface area (Å²) < 4.78 is 13.1. The molecular weight excluding hydrogens is 193 g/mol. The van der Waals surface area contributed by atoms with E-state index in [0.29, 0.717) is 12.1 Å². The normalized spacial score (nSPS) is 10.1. The van der Waals surface area contributed by atoms with E-state index >= 15 is 0 Å². The van der Waals surface area contributed by atoms with Crippen molar-refractivity contribution in [3.8, 4) is 0 Å². The maximum absolute atomic E-state index is 13.1. The number of aryl methyl sites for hydroxylation is 1. The van der Waals surface area contributed by atoms with Gasteiger partial charge in [0.2, 0.25) is 0 Å². The van der Waals surface area contributed by atoms with E-state index in [-0.39, 0.29) is 11.7 Å². The quantitative estimate of drug-likeness (QED) is 0.749. The number of halogens is 1. The molecule has 82 valence electrons. The van der Waals surface area contributed by atoms with Crippen molar-refractivity contribution in [2.45, 2.75) is 20.3 Å². The summed E-state index contributed by atoms with van der Waals surface area (Å²) in [6.07, 6.45) is 0.899. The molecule has 0 unspecified atom stereocenters. The van der Waals surface area contributed by atoms with Crippen LogP contribution in [0.25, 0.3) is 0 Å². The fourth-order valence-electron chi connectivity index (χ4n) is 1.52. The van der Waals surface area contributed by atoms with Crippen molar-refractivity contribution in [1.29, 1.82) is 0 Å². The molecule has 1 aromatic rings. The van der Waals surface area contributed by atoms with Crippen molar-refractivity contribution in [2.24, 2.45) is 0 Å². The molecule has 0 fully saturated rings. The minimum absolute atomic E-state index is 0.126. The van der Waals surface area contributed by atoms with Gasteiger partial charge < -0.3 is 4.90 Å². The average molecular weight is 209 g/mol. The van der Waals surface area contributed by atoms with Crippen molar-refractivity contribution in [1.82, 2.24) is 4.90 Å². The number of carbonyl (C=O) groups is 1. The molecule has 0 saturated carbocycles. The number of rotatable bonds is 3. The molecule has 0 radical (unpaired) electrons. The van der Waals surface area contributed by atoms with Crippen LogP contribution in [-0.4, -0.2) is 24.4 Å². The van der Waals surface area contributed by atoms with Gasteiger partial charge in [0, 0.05) is 19.2 Å². The molecule has 0 aliphatic carbocycles. The largest absolute Gasteiger partial charge is 0.342 e. The minimum atomic E-state index is -0.358. The van der Waals surface area contributed by atoms with Gasteiger partial charge in [0.05, 0.1) is 0 Å². The highest BCUT2D eigenvalue weighted by molar-refractivity contribution is 5.94. The van der Waals surface area contributed by atoms with E-state index in [1.165, 1.54) is 12.1 Å². The lowest BCUT2D eigenvalue weighted by atomic mass is 10.1. The summed E-state index contributed by atoms with van der Waals surface area (Å²) in [5, 5.41) is 0. The lowest BCUT2D eigenvalue weighted by Gasteiger charge is -2.16. The van der Waals surface area contributed by atoms with Gasteiger partial charge in [-0.25, -0.2) is 4.39 Å². The fourth-order valence-corrected chi connectivity index (χ4v) is 1.52. The zero-order valence-corrected chi connectivity index (χ0v) is 9.38. The van der Waals surface area contributed by atoms with Crippen molar-refractivity contribution in [2.75, 3.05) is 13.6 Å². The smallest absolute Gasteiger partial charge is 0.253 e. The van der Waals surface area contributed by atoms with Crippen molar-refractivity contribution in [3.63, 3.8) is 0 Å². The van der Waals surface area contributed by atoms with Crippen molar-refractivity contribution in [3.05, 3.63) is 35.1 Å². The average Bonchev–Trinajstić information content (AvgIpc) is 2.15. The van der Waals surface area contributed by atoms with Crippen molar-refractivity contribution < 1.29 is 9.18 Å². The van der Waals surface area contributed by atoms with E-state index in [4.69, 9.17) is 0 Å². The van der Waals surface area contributed by atoms with Crippen LogP contribution in [0.5, 0.6) is 0 Å². The molecule has 0 aliphatic rings. The Morgan fingerprint density at radius 3 is 2.60 bits per heavy atom. The highest BCUT2D eigenvalue weighted by Gasteiger charge is 2.11. The molecule has 3 heteroatoms. The molecular formula is C12H16FNO. The first-order valence-corrected chi connectivity index (χ1v) is 5.07. The molecule has 1 aromatic carbocycles. The van der Waals surface area contributed by atoms with Gasteiger partial charge in [0.1, 0.15) is 5.82 Å². The maximum Gasteiger partial charge on any atom is 0.253 e. The first kappa shape index (κ1) is 11.7. The van der Waals surface area contributed by atoms with E-state index in [9.17, 15) is 9.18 Å². The molecule has 0 saturated heterocycles. The molecule has 2 nitrogen and oxygen atoms in total. The lowest BCUT2D eigenvalue weighted by molar-refractivity contribution is 0.0794. The molecule has 1 rings (SSSR count). The van der Waals surface area contributed by atoms with Crippen LogP contribution in [0.4, 0.5) is 4.39 Å². The van der Waals surface area contributed by atoms with E-state index in [2.05, 4.69) is 0 Å². The number of nitrogens with zero attached hydrogens (tertiary/aromatic N) is 1. The van der Waals surface area contributed by atoms with Gasteiger partial charge >= 0.3 is 0 Å². The molecule has 0 heterocycles. The van der Waals surface area contributed by atoms with Gasteiger partial charge in [-0.05, 0) is 37.1 Å². The van der Waals surface area contributed by atoms with Gasteiger partial charge in [-0.1, -0.05) is 6.92 Å². The first-order chi connectivity index (χ1) is 7.04. The summed E-state index contributed by atoms with van der Waals surface area (Å²) >= 11 is 0. The number of benzene rings is 1. The lowest BCUT2D eigenvalue weighted by Crippen LogP contribution is -2.27. The molecule has 15 heavy (non-hydrogen) atoms. The third-order valence-electron chi connectivity index (χ3n) is 2.19. The van der Waals surface area contributed by atoms with Crippen LogP contribution < -0.4 is 0 Å². The molecule has 0 spiro atoms. The topological polar surface area (TPSA) is 20.3 Å². The Bertz CT molecular complexity index is 342. The first-order valence-electron chi connectivity index (χ1n) is 5.07. The van der Waals surface area contributed by atoms with Crippen LogP contribution in [0.3, 0.4) is 0 Å². The Hall–Kier alpha value is -1.38. The van der Waals surface area contributed by atoms with E-state index < -0.39 is 0 Å². The van der Waals surface area contributed by atoms with Crippen LogP contribution in [0.2, 0.25) is 0 Å². The molecule has 0 aliphatic heterocycles. The Labute approximate surface area is 89.7 Å². The van der Waals surface area contributed by atoms with Crippen LogP contribution in [-0.2, 0) is 0 Å². The van der Waals surface area contributed by atoms with Gasteiger partial charge in [0.25, 0.3) is 5.91 Å². The third kappa shape index (κ3) is 3.05. The van der Waals surface area contributed by atoms with Crippen LogP contribution in [0.1, 0.15) is 29.3 Å².